The normalized spacial score (nSPS) is 17.6. The van der Waals surface area contributed by atoms with E-state index in [0.29, 0.717) is 0 Å². The summed E-state index contributed by atoms with van der Waals surface area (Å²) >= 11 is 0. The van der Waals surface area contributed by atoms with Crippen LogP contribution in [-0.4, -0.2) is 36.5 Å². The SMILES string of the molecule is CCC(C#N)S(=O)(=O)NC(C)(C(=O)O)C(F)(F)F. The lowest BCUT2D eigenvalue weighted by atomic mass is 10.0. The summed E-state index contributed by atoms with van der Waals surface area (Å²) in [5.41, 5.74) is -3.67. The molecule has 0 saturated heterocycles. The number of sulfonamides is 1. The van der Waals surface area contributed by atoms with Crippen LogP contribution < -0.4 is 4.72 Å². The summed E-state index contributed by atoms with van der Waals surface area (Å²) in [6, 6.07) is 1.29. The number of halogens is 3. The molecule has 10 heteroatoms. The lowest BCUT2D eigenvalue weighted by Gasteiger charge is -2.28. The molecule has 0 rings (SSSR count). The Bertz CT molecular complexity index is 468. The van der Waals surface area contributed by atoms with Crippen molar-refractivity contribution in [2.24, 2.45) is 0 Å². The third-order valence-corrected chi connectivity index (χ3v) is 4.11. The highest BCUT2D eigenvalue weighted by atomic mass is 32.2. The molecule has 0 aromatic heterocycles. The molecular formula is C8H11F3N2O4S. The van der Waals surface area contributed by atoms with Gasteiger partial charge in [0.15, 0.2) is 5.25 Å². The molecule has 2 N–H and O–H groups in total. The highest BCUT2D eigenvalue weighted by molar-refractivity contribution is 7.90. The molecule has 0 heterocycles. The summed E-state index contributed by atoms with van der Waals surface area (Å²) in [4.78, 5) is 10.6. The minimum atomic E-state index is -5.33. The molecule has 0 aliphatic rings. The van der Waals surface area contributed by atoms with Crippen LogP contribution in [0.4, 0.5) is 13.2 Å². The number of carboxylic acids is 1. The lowest BCUT2D eigenvalue weighted by Crippen LogP contribution is -2.63. The summed E-state index contributed by atoms with van der Waals surface area (Å²) in [7, 11) is -4.72. The quantitative estimate of drug-likeness (QED) is 0.770. The Kier molecular flexibility index (Phi) is 4.73. The molecule has 0 aromatic carbocycles. The zero-order valence-electron chi connectivity index (χ0n) is 9.45. The number of nitrogens with zero attached hydrogens (tertiary/aromatic N) is 1. The molecule has 0 radical (unpaired) electrons. The summed E-state index contributed by atoms with van der Waals surface area (Å²) in [6.45, 7) is 1.45. The molecule has 0 aliphatic heterocycles. The van der Waals surface area contributed by atoms with Crippen LogP contribution in [-0.2, 0) is 14.8 Å². The summed E-state index contributed by atoms with van der Waals surface area (Å²) in [5, 5.41) is 15.3. The smallest absolute Gasteiger partial charge is 0.418 e. The number of aliphatic carboxylic acids is 1. The first-order valence-corrected chi connectivity index (χ1v) is 6.19. The van der Waals surface area contributed by atoms with Gasteiger partial charge in [0.1, 0.15) is 0 Å². The molecule has 0 fully saturated rings. The number of rotatable bonds is 5. The van der Waals surface area contributed by atoms with Gasteiger partial charge in [0.2, 0.25) is 15.6 Å². The first kappa shape index (κ1) is 16.7. The third kappa shape index (κ3) is 3.11. The lowest BCUT2D eigenvalue weighted by molar-refractivity contribution is -0.201. The van der Waals surface area contributed by atoms with E-state index in [0.717, 1.165) is 4.72 Å². The van der Waals surface area contributed by atoms with Crippen molar-refractivity contribution >= 4 is 16.0 Å². The van der Waals surface area contributed by atoms with E-state index in [2.05, 4.69) is 0 Å². The van der Waals surface area contributed by atoms with E-state index in [1.165, 1.54) is 13.0 Å². The first-order valence-electron chi connectivity index (χ1n) is 4.65. The van der Waals surface area contributed by atoms with Crippen molar-refractivity contribution in [3.63, 3.8) is 0 Å². The van der Waals surface area contributed by atoms with Crippen molar-refractivity contribution in [1.29, 1.82) is 5.26 Å². The minimum absolute atomic E-state index is 0.178. The van der Waals surface area contributed by atoms with E-state index in [1.54, 1.807) is 0 Å². The average Bonchev–Trinajstić information content (AvgIpc) is 2.15. The van der Waals surface area contributed by atoms with E-state index >= 15 is 0 Å². The van der Waals surface area contributed by atoms with Crippen molar-refractivity contribution in [3.8, 4) is 6.07 Å². The molecule has 18 heavy (non-hydrogen) atoms. The molecule has 6 nitrogen and oxygen atoms in total. The Labute approximate surface area is 101 Å². The van der Waals surface area contributed by atoms with Gasteiger partial charge >= 0.3 is 12.1 Å². The summed E-state index contributed by atoms with van der Waals surface area (Å²) < 4.78 is 61.7. The van der Waals surface area contributed by atoms with Gasteiger partial charge in [-0.2, -0.15) is 23.2 Å². The number of carboxylic acid groups (broad SMARTS) is 1. The largest absolute Gasteiger partial charge is 0.480 e. The van der Waals surface area contributed by atoms with Gasteiger partial charge in [0.05, 0.1) is 6.07 Å². The van der Waals surface area contributed by atoms with Gasteiger partial charge in [-0.25, -0.2) is 13.2 Å². The number of hydrogen-bond acceptors (Lipinski definition) is 4. The van der Waals surface area contributed by atoms with Crippen LogP contribution in [0, 0.1) is 11.3 Å². The van der Waals surface area contributed by atoms with E-state index in [1.807, 2.05) is 0 Å². The van der Waals surface area contributed by atoms with Crippen LogP contribution in [0.5, 0.6) is 0 Å². The van der Waals surface area contributed by atoms with Gasteiger partial charge in [0, 0.05) is 0 Å². The van der Waals surface area contributed by atoms with Gasteiger partial charge in [-0.3, -0.25) is 0 Å². The molecule has 0 saturated carbocycles. The standard InChI is InChI=1S/C8H11F3N2O4S/c1-3-5(4-12)18(16,17)13-7(2,6(14)15)8(9,10)11/h5,13H,3H2,1-2H3,(H,14,15). The second kappa shape index (κ2) is 5.11. The molecule has 0 spiro atoms. The number of nitrogens with one attached hydrogen (secondary N) is 1. The fourth-order valence-corrected chi connectivity index (χ4v) is 2.45. The van der Waals surface area contributed by atoms with Crippen molar-refractivity contribution < 1.29 is 31.5 Å². The zero-order valence-corrected chi connectivity index (χ0v) is 10.3. The Morgan fingerprint density at radius 1 is 1.50 bits per heavy atom. The van der Waals surface area contributed by atoms with Gasteiger partial charge in [-0.15, -0.1) is 0 Å². The van der Waals surface area contributed by atoms with E-state index in [-0.39, 0.29) is 13.3 Å². The Balaban J connectivity index is 5.54. The average molecular weight is 288 g/mol. The van der Waals surface area contributed by atoms with Crippen LogP contribution in [0.2, 0.25) is 0 Å². The van der Waals surface area contributed by atoms with Crippen LogP contribution in [0.25, 0.3) is 0 Å². The Morgan fingerprint density at radius 3 is 2.17 bits per heavy atom. The number of nitriles is 1. The molecule has 104 valence electrons. The maximum absolute atomic E-state index is 12.6. The van der Waals surface area contributed by atoms with Gasteiger partial charge in [-0.05, 0) is 13.3 Å². The monoisotopic (exact) mass is 288 g/mol. The van der Waals surface area contributed by atoms with E-state index < -0.39 is 33.0 Å². The van der Waals surface area contributed by atoms with E-state index in [9.17, 15) is 26.4 Å². The number of carbonyl (C=O) groups is 1. The summed E-state index contributed by atoms with van der Waals surface area (Å²) in [5.74, 6) is -2.40. The molecule has 0 aliphatic carbocycles. The molecule has 0 bridgehead atoms. The highest BCUT2D eigenvalue weighted by Crippen LogP contribution is 2.31. The van der Waals surface area contributed by atoms with E-state index in [4.69, 9.17) is 10.4 Å². The Morgan fingerprint density at radius 2 is 1.94 bits per heavy atom. The third-order valence-electron chi connectivity index (χ3n) is 2.23. The zero-order chi connectivity index (χ0) is 14.8. The predicted octanol–water partition coefficient (Wildman–Crippen LogP) is 0.614. The van der Waals surface area contributed by atoms with Crippen molar-refractivity contribution in [3.05, 3.63) is 0 Å². The predicted molar refractivity (Wildman–Crippen MR) is 53.8 cm³/mol. The molecule has 2 atom stereocenters. The van der Waals surface area contributed by atoms with Crippen LogP contribution >= 0.6 is 0 Å². The maximum atomic E-state index is 12.6. The summed E-state index contributed by atoms with van der Waals surface area (Å²) in [6.07, 6.45) is -5.60. The first-order chi connectivity index (χ1) is 7.92. The van der Waals surface area contributed by atoms with Gasteiger partial charge in [-0.1, -0.05) is 6.92 Å². The second-order valence-electron chi connectivity index (χ2n) is 3.60. The van der Waals surface area contributed by atoms with Crippen LogP contribution in [0.3, 0.4) is 0 Å². The van der Waals surface area contributed by atoms with Gasteiger partial charge < -0.3 is 5.11 Å². The fraction of sp³-hybridized carbons (Fsp3) is 0.750. The minimum Gasteiger partial charge on any atom is -0.480 e. The fourth-order valence-electron chi connectivity index (χ4n) is 0.959. The number of alkyl halides is 3. The molecular weight excluding hydrogens is 277 g/mol. The molecule has 0 amide bonds. The maximum Gasteiger partial charge on any atom is 0.418 e. The molecule has 0 aromatic rings. The van der Waals surface area contributed by atoms with Crippen LogP contribution in [0.1, 0.15) is 20.3 Å². The van der Waals surface area contributed by atoms with Gasteiger partial charge in [0.25, 0.3) is 0 Å². The highest BCUT2D eigenvalue weighted by Gasteiger charge is 2.60. The topological polar surface area (TPSA) is 107 Å². The second-order valence-corrected chi connectivity index (χ2v) is 5.46. The number of hydrogen-bond donors (Lipinski definition) is 2. The Hall–Kier alpha value is -1.34. The van der Waals surface area contributed by atoms with Crippen molar-refractivity contribution in [2.45, 2.75) is 37.2 Å². The van der Waals surface area contributed by atoms with Crippen LogP contribution in [0.15, 0.2) is 0 Å². The van der Waals surface area contributed by atoms with Crippen molar-refractivity contribution in [1.82, 2.24) is 4.72 Å². The van der Waals surface area contributed by atoms with Crippen molar-refractivity contribution in [2.75, 3.05) is 0 Å². The molecule has 2 unspecified atom stereocenters.